The topological polar surface area (TPSA) is 66.0 Å². The Morgan fingerprint density at radius 3 is 2.95 bits per heavy atom. The number of para-hydroxylation sites is 1. The second-order valence-corrected chi connectivity index (χ2v) is 5.00. The van der Waals surface area contributed by atoms with E-state index in [1.54, 1.807) is 0 Å². The predicted molar refractivity (Wildman–Crippen MR) is 76.8 cm³/mol. The molecular formula is C15H14N4O. The molecule has 0 spiro atoms. The van der Waals surface area contributed by atoms with Crippen molar-refractivity contribution in [1.29, 1.82) is 0 Å². The summed E-state index contributed by atoms with van der Waals surface area (Å²) in [5.41, 5.74) is 9.80. The molecule has 5 heteroatoms. The third-order valence-electron chi connectivity index (χ3n) is 3.69. The van der Waals surface area contributed by atoms with E-state index in [2.05, 4.69) is 16.0 Å². The fourth-order valence-corrected chi connectivity index (χ4v) is 2.75. The van der Waals surface area contributed by atoms with Gasteiger partial charge < -0.3 is 10.5 Å². The fraction of sp³-hybridized carbons (Fsp3) is 0.200. The zero-order valence-electron chi connectivity index (χ0n) is 11.1. The Hall–Kier alpha value is -2.56. The number of rotatable bonds is 1. The molecule has 20 heavy (non-hydrogen) atoms. The summed E-state index contributed by atoms with van der Waals surface area (Å²) in [7, 11) is 0. The van der Waals surface area contributed by atoms with Gasteiger partial charge in [0.25, 0.3) is 0 Å². The average molecular weight is 266 g/mol. The largest absolute Gasteiger partial charge is 0.491 e. The molecule has 5 nitrogen and oxygen atoms in total. The molecule has 4 rings (SSSR count). The summed E-state index contributed by atoms with van der Waals surface area (Å²) in [6.45, 7) is 2.52. The number of imidazole rings is 1. The maximum Gasteiger partial charge on any atom is 0.203 e. The molecule has 1 aliphatic heterocycles. The van der Waals surface area contributed by atoms with Crippen LogP contribution in [-0.2, 0) is 0 Å². The quantitative estimate of drug-likeness (QED) is 0.734. The van der Waals surface area contributed by atoms with Crippen LogP contribution < -0.4 is 10.5 Å². The van der Waals surface area contributed by atoms with Crippen molar-refractivity contribution in [1.82, 2.24) is 14.5 Å². The van der Waals surface area contributed by atoms with Gasteiger partial charge in [-0.1, -0.05) is 18.2 Å². The van der Waals surface area contributed by atoms with Gasteiger partial charge in [0.2, 0.25) is 5.95 Å². The van der Waals surface area contributed by atoms with Crippen LogP contribution in [0.5, 0.6) is 5.75 Å². The Balaban J connectivity index is 1.95. The van der Waals surface area contributed by atoms with Gasteiger partial charge in [-0.15, -0.1) is 0 Å². The third-order valence-corrected chi connectivity index (χ3v) is 3.69. The van der Waals surface area contributed by atoms with Crippen LogP contribution in [0.15, 0.2) is 36.4 Å². The van der Waals surface area contributed by atoms with Crippen LogP contribution in [0.4, 0.5) is 5.95 Å². The number of ether oxygens (including phenoxy) is 1. The molecule has 0 bridgehead atoms. The lowest BCUT2D eigenvalue weighted by atomic mass is 10.1. The number of aromatic nitrogens is 3. The Labute approximate surface area is 116 Å². The molecule has 3 aromatic rings. The first-order valence-corrected chi connectivity index (χ1v) is 6.57. The van der Waals surface area contributed by atoms with Crippen molar-refractivity contribution in [3.63, 3.8) is 0 Å². The van der Waals surface area contributed by atoms with Crippen molar-refractivity contribution in [2.45, 2.75) is 13.0 Å². The lowest BCUT2D eigenvalue weighted by Crippen LogP contribution is -2.15. The minimum atomic E-state index is 0.0329. The van der Waals surface area contributed by atoms with E-state index in [-0.39, 0.29) is 6.04 Å². The van der Waals surface area contributed by atoms with Crippen molar-refractivity contribution in [3.05, 3.63) is 47.7 Å². The second-order valence-electron chi connectivity index (χ2n) is 5.00. The molecule has 2 N–H and O–H groups in total. The molecule has 1 aromatic carbocycles. The number of pyridine rings is 1. The Morgan fingerprint density at radius 2 is 2.05 bits per heavy atom. The summed E-state index contributed by atoms with van der Waals surface area (Å²) in [5, 5.41) is 0. The Kier molecular flexibility index (Phi) is 2.24. The van der Waals surface area contributed by atoms with Crippen molar-refractivity contribution in [2.24, 2.45) is 0 Å². The first-order chi connectivity index (χ1) is 9.74. The van der Waals surface area contributed by atoms with Gasteiger partial charge in [0.05, 0.1) is 0 Å². The Bertz CT molecular complexity index is 809. The van der Waals surface area contributed by atoms with Crippen LogP contribution in [-0.4, -0.2) is 21.1 Å². The number of hydrogen-bond donors (Lipinski definition) is 1. The summed E-state index contributed by atoms with van der Waals surface area (Å²) in [6.07, 6.45) is 0. The van der Waals surface area contributed by atoms with Gasteiger partial charge in [0, 0.05) is 11.3 Å². The number of anilines is 1. The van der Waals surface area contributed by atoms with Crippen LogP contribution in [0, 0.1) is 6.92 Å². The molecule has 2 aromatic heterocycles. The summed E-state index contributed by atoms with van der Waals surface area (Å²) >= 11 is 0. The van der Waals surface area contributed by atoms with E-state index in [4.69, 9.17) is 10.5 Å². The van der Waals surface area contributed by atoms with Crippen molar-refractivity contribution < 1.29 is 4.74 Å². The molecule has 1 atom stereocenters. The number of hydrogen-bond acceptors (Lipinski definition) is 4. The maximum absolute atomic E-state index is 6.10. The number of aryl methyl sites for hydroxylation is 1. The van der Waals surface area contributed by atoms with Crippen LogP contribution >= 0.6 is 0 Å². The zero-order valence-corrected chi connectivity index (χ0v) is 11.1. The smallest absolute Gasteiger partial charge is 0.203 e. The third kappa shape index (κ3) is 1.49. The van der Waals surface area contributed by atoms with Crippen molar-refractivity contribution in [2.75, 3.05) is 12.3 Å². The van der Waals surface area contributed by atoms with Gasteiger partial charge in [-0.25, -0.2) is 9.97 Å². The number of benzene rings is 1. The number of nitrogens with zero attached hydrogens (tertiary/aromatic N) is 3. The lowest BCUT2D eigenvalue weighted by molar-refractivity contribution is 0.319. The first kappa shape index (κ1) is 11.3. The van der Waals surface area contributed by atoms with Gasteiger partial charge in [-0.05, 0) is 25.1 Å². The van der Waals surface area contributed by atoms with Crippen LogP contribution in [0.2, 0.25) is 0 Å². The molecule has 0 amide bonds. The molecule has 1 aliphatic rings. The van der Waals surface area contributed by atoms with E-state index in [9.17, 15) is 0 Å². The van der Waals surface area contributed by atoms with Crippen LogP contribution in [0.1, 0.15) is 17.3 Å². The highest BCUT2D eigenvalue weighted by atomic mass is 16.5. The zero-order chi connectivity index (χ0) is 13.7. The summed E-state index contributed by atoms with van der Waals surface area (Å²) < 4.78 is 7.70. The van der Waals surface area contributed by atoms with E-state index >= 15 is 0 Å². The van der Waals surface area contributed by atoms with Gasteiger partial charge in [0.1, 0.15) is 23.9 Å². The van der Waals surface area contributed by atoms with E-state index in [0.717, 1.165) is 28.2 Å². The summed E-state index contributed by atoms with van der Waals surface area (Å²) in [4.78, 5) is 8.97. The van der Waals surface area contributed by atoms with E-state index in [1.807, 2.05) is 41.8 Å². The highest BCUT2D eigenvalue weighted by Gasteiger charge is 2.28. The van der Waals surface area contributed by atoms with Crippen LogP contribution in [0.3, 0.4) is 0 Å². The molecule has 0 fully saturated rings. The average Bonchev–Trinajstić information content (AvgIpc) is 2.99. The minimum absolute atomic E-state index is 0.0329. The van der Waals surface area contributed by atoms with E-state index < -0.39 is 0 Å². The van der Waals surface area contributed by atoms with E-state index in [0.29, 0.717) is 12.6 Å². The van der Waals surface area contributed by atoms with E-state index in [1.165, 1.54) is 0 Å². The first-order valence-electron chi connectivity index (χ1n) is 6.57. The predicted octanol–water partition coefficient (Wildman–Crippen LogP) is 2.30. The molecule has 0 radical (unpaired) electrons. The number of fused-ring (bicyclic) bond motifs is 2. The monoisotopic (exact) mass is 266 g/mol. The SMILES string of the molecule is Cc1ccc2nc(N)n(C3COc4ccccc43)c2n1. The second kappa shape index (κ2) is 3.96. The standard InChI is InChI=1S/C15H14N4O/c1-9-6-7-11-14(17-9)19(15(16)18-11)12-8-20-13-5-3-2-4-10(12)13/h2-7,12H,8H2,1H3,(H2,16,18). The van der Waals surface area contributed by atoms with Gasteiger partial charge in [-0.3, -0.25) is 4.57 Å². The van der Waals surface area contributed by atoms with Crippen LogP contribution in [0.25, 0.3) is 11.2 Å². The van der Waals surface area contributed by atoms with Gasteiger partial charge in [0.15, 0.2) is 5.65 Å². The highest BCUT2D eigenvalue weighted by Crippen LogP contribution is 2.37. The molecule has 3 heterocycles. The van der Waals surface area contributed by atoms with Crippen molar-refractivity contribution in [3.8, 4) is 5.75 Å². The molecule has 0 saturated heterocycles. The lowest BCUT2D eigenvalue weighted by Gasteiger charge is -2.13. The van der Waals surface area contributed by atoms with Crippen molar-refractivity contribution >= 4 is 17.1 Å². The minimum Gasteiger partial charge on any atom is -0.491 e. The van der Waals surface area contributed by atoms with Gasteiger partial charge in [-0.2, -0.15) is 0 Å². The molecular weight excluding hydrogens is 252 g/mol. The summed E-state index contributed by atoms with van der Waals surface area (Å²) in [6, 6.07) is 11.9. The molecule has 1 unspecified atom stereocenters. The highest BCUT2D eigenvalue weighted by molar-refractivity contribution is 5.75. The Morgan fingerprint density at radius 1 is 1.20 bits per heavy atom. The molecule has 100 valence electrons. The molecule has 0 saturated carbocycles. The molecule has 0 aliphatic carbocycles. The summed E-state index contributed by atoms with van der Waals surface area (Å²) in [5.74, 6) is 1.38. The number of nitrogens with two attached hydrogens (primary N) is 1. The normalized spacial score (nSPS) is 17.1. The van der Waals surface area contributed by atoms with Gasteiger partial charge >= 0.3 is 0 Å². The fourth-order valence-electron chi connectivity index (χ4n) is 2.75. The maximum atomic E-state index is 6.10. The number of nitrogen functional groups attached to an aromatic ring is 1.